The van der Waals surface area contributed by atoms with E-state index in [2.05, 4.69) is 43.4 Å². The van der Waals surface area contributed by atoms with Crippen LogP contribution in [0.1, 0.15) is 46.0 Å². The summed E-state index contributed by atoms with van der Waals surface area (Å²) in [6.45, 7) is 4.12. The highest BCUT2D eigenvalue weighted by Gasteiger charge is 1.90. The minimum absolute atomic E-state index is 0.191. The van der Waals surface area contributed by atoms with Gasteiger partial charge in [-0.15, -0.1) is 0 Å². The minimum atomic E-state index is -0.191. The van der Waals surface area contributed by atoms with E-state index in [0.717, 1.165) is 32.1 Å². The van der Waals surface area contributed by atoms with E-state index >= 15 is 0 Å². The monoisotopic (exact) mass is 236 g/mol. The van der Waals surface area contributed by atoms with Gasteiger partial charge in [0.2, 0.25) is 0 Å². The van der Waals surface area contributed by atoms with Gasteiger partial charge in [0, 0.05) is 6.92 Å². The maximum absolute atomic E-state index is 10.5. The number of rotatable bonds is 9. The van der Waals surface area contributed by atoms with Crippen molar-refractivity contribution < 1.29 is 9.53 Å². The van der Waals surface area contributed by atoms with Gasteiger partial charge in [-0.25, -0.2) is 0 Å². The lowest BCUT2D eigenvalue weighted by atomic mass is 10.2. The Morgan fingerprint density at radius 1 is 1.06 bits per heavy atom. The van der Waals surface area contributed by atoms with Gasteiger partial charge in [0.1, 0.15) is 0 Å². The van der Waals surface area contributed by atoms with Crippen molar-refractivity contribution in [3.8, 4) is 0 Å². The Balaban J connectivity index is 3.30. The van der Waals surface area contributed by atoms with E-state index < -0.39 is 0 Å². The number of unbranched alkanes of at least 4 members (excludes halogenated alkanes) is 2. The normalized spacial score (nSPS) is 11.9. The molecule has 2 heteroatoms. The van der Waals surface area contributed by atoms with Crippen LogP contribution in [-0.2, 0) is 9.53 Å². The molecule has 0 heterocycles. The SMILES string of the molecule is CC/C=C/C/C=C/C=C/CCCCOC(C)=O. The van der Waals surface area contributed by atoms with Gasteiger partial charge >= 0.3 is 5.97 Å². The molecule has 0 rings (SSSR count). The first-order valence-corrected chi connectivity index (χ1v) is 6.37. The first-order chi connectivity index (χ1) is 8.27. The van der Waals surface area contributed by atoms with Gasteiger partial charge in [0.15, 0.2) is 0 Å². The minimum Gasteiger partial charge on any atom is -0.466 e. The number of carbonyl (C=O) groups excluding carboxylic acids is 1. The van der Waals surface area contributed by atoms with Crippen molar-refractivity contribution in [3.63, 3.8) is 0 Å². The van der Waals surface area contributed by atoms with Crippen molar-refractivity contribution in [1.82, 2.24) is 0 Å². The number of carbonyl (C=O) groups is 1. The van der Waals surface area contributed by atoms with Crippen LogP contribution < -0.4 is 0 Å². The molecule has 0 amide bonds. The van der Waals surface area contributed by atoms with E-state index in [0.29, 0.717) is 6.61 Å². The largest absolute Gasteiger partial charge is 0.466 e. The maximum Gasteiger partial charge on any atom is 0.302 e. The Kier molecular flexibility index (Phi) is 11.8. The molecule has 0 aromatic rings. The van der Waals surface area contributed by atoms with Crippen LogP contribution in [0.5, 0.6) is 0 Å². The summed E-state index contributed by atoms with van der Waals surface area (Å²) in [6.07, 6.45) is 17.9. The van der Waals surface area contributed by atoms with Crippen LogP contribution in [0.15, 0.2) is 36.5 Å². The fourth-order valence-electron chi connectivity index (χ4n) is 1.25. The average molecular weight is 236 g/mol. The van der Waals surface area contributed by atoms with E-state index in [-0.39, 0.29) is 5.97 Å². The molecule has 96 valence electrons. The Morgan fingerprint density at radius 3 is 2.53 bits per heavy atom. The van der Waals surface area contributed by atoms with Crippen molar-refractivity contribution in [2.45, 2.75) is 46.0 Å². The lowest BCUT2D eigenvalue weighted by Crippen LogP contribution is -1.99. The fraction of sp³-hybridized carbons (Fsp3) is 0.533. The molecule has 0 spiro atoms. The van der Waals surface area contributed by atoms with E-state index in [1.165, 1.54) is 6.92 Å². The van der Waals surface area contributed by atoms with Crippen LogP contribution in [0.3, 0.4) is 0 Å². The van der Waals surface area contributed by atoms with Gasteiger partial charge in [-0.05, 0) is 32.1 Å². The summed E-state index contributed by atoms with van der Waals surface area (Å²) in [5, 5.41) is 0. The van der Waals surface area contributed by atoms with Gasteiger partial charge in [-0.3, -0.25) is 4.79 Å². The van der Waals surface area contributed by atoms with E-state index in [1.807, 2.05) is 0 Å². The zero-order valence-electron chi connectivity index (χ0n) is 11.0. The highest BCUT2D eigenvalue weighted by Crippen LogP contribution is 1.98. The third kappa shape index (κ3) is 14.7. The Bertz CT molecular complexity index is 262. The fourth-order valence-corrected chi connectivity index (χ4v) is 1.25. The lowest BCUT2D eigenvalue weighted by Gasteiger charge is -1.98. The Morgan fingerprint density at radius 2 is 1.82 bits per heavy atom. The second-order valence-electron chi connectivity index (χ2n) is 3.81. The summed E-state index contributed by atoms with van der Waals surface area (Å²) in [4.78, 5) is 10.5. The van der Waals surface area contributed by atoms with Crippen LogP contribution in [0.2, 0.25) is 0 Å². The summed E-state index contributed by atoms with van der Waals surface area (Å²) in [5.74, 6) is -0.191. The molecule has 0 aromatic carbocycles. The molecule has 0 saturated carbocycles. The highest BCUT2D eigenvalue weighted by atomic mass is 16.5. The lowest BCUT2D eigenvalue weighted by molar-refractivity contribution is -0.141. The zero-order chi connectivity index (χ0) is 12.8. The third-order valence-corrected chi connectivity index (χ3v) is 2.13. The standard InChI is InChI=1S/C15H24O2/c1-3-4-5-6-7-8-9-10-11-12-13-14-17-15(2)16/h4-5,7-10H,3,6,11-14H2,1-2H3/b5-4+,8-7+,10-9+. The van der Waals surface area contributed by atoms with Gasteiger partial charge in [0.25, 0.3) is 0 Å². The molecule has 0 saturated heterocycles. The molecular weight excluding hydrogens is 212 g/mol. The molecule has 0 aliphatic rings. The Labute approximate surface area is 105 Å². The molecule has 2 nitrogen and oxygen atoms in total. The van der Waals surface area contributed by atoms with Gasteiger partial charge < -0.3 is 4.74 Å². The van der Waals surface area contributed by atoms with Crippen LogP contribution in [0.4, 0.5) is 0 Å². The highest BCUT2D eigenvalue weighted by molar-refractivity contribution is 5.65. The molecule has 0 unspecified atom stereocenters. The number of ether oxygens (including phenoxy) is 1. The second kappa shape index (κ2) is 12.8. The van der Waals surface area contributed by atoms with Crippen LogP contribution in [-0.4, -0.2) is 12.6 Å². The smallest absolute Gasteiger partial charge is 0.302 e. The number of hydrogen-bond donors (Lipinski definition) is 0. The number of esters is 1. The van der Waals surface area contributed by atoms with Crippen molar-refractivity contribution in [2.24, 2.45) is 0 Å². The third-order valence-electron chi connectivity index (χ3n) is 2.13. The molecule has 0 aliphatic carbocycles. The maximum atomic E-state index is 10.5. The van der Waals surface area contributed by atoms with Crippen LogP contribution in [0, 0.1) is 0 Å². The topological polar surface area (TPSA) is 26.3 Å². The predicted octanol–water partition coefficient (Wildman–Crippen LogP) is 4.19. The van der Waals surface area contributed by atoms with E-state index in [4.69, 9.17) is 4.74 Å². The molecule has 0 fully saturated rings. The molecule has 17 heavy (non-hydrogen) atoms. The average Bonchev–Trinajstić information content (AvgIpc) is 2.30. The zero-order valence-corrected chi connectivity index (χ0v) is 11.0. The Hall–Kier alpha value is -1.31. The first kappa shape index (κ1) is 15.7. The summed E-state index contributed by atoms with van der Waals surface area (Å²) in [7, 11) is 0. The van der Waals surface area contributed by atoms with E-state index in [9.17, 15) is 4.79 Å². The van der Waals surface area contributed by atoms with Crippen LogP contribution in [0.25, 0.3) is 0 Å². The van der Waals surface area contributed by atoms with Crippen molar-refractivity contribution >= 4 is 5.97 Å². The van der Waals surface area contributed by atoms with Crippen molar-refractivity contribution in [2.75, 3.05) is 6.61 Å². The van der Waals surface area contributed by atoms with Crippen molar-refractivity contribution in [3.05, 3.63) is 36.5 Å². The van der Waals surface area contributed by atoms with Crippen molar-refractivity contribution in [1.29, 1.82) is 0 Å². The molecule has 0 bridgehead atoms. The van der Waals surface area contributed by atoms with Gasteiger partial charge in [0.05, 0.1) is 6.61 Å². The second-order valence-corrected chi connectivity index (χ2v) is 3.81. The summed E-state index contributed by atoms with van der Waals surface area (Å²) >= 11 is 0. The molecular formula is C15H24O2. The molecule has 0 N–H and O–H groups in total. The first-order valence-electron chi connectivity index (χ1n) is 6.37. The summed E-state index contributed by atoms with van der Waals surface area (Å²) < 4.78 is 4.84. The molecule has 0 radical (unpaired) electrons. The molecule has 0 aliphatic heterocycles. The van der Waals surface area contributed by atoms with Gasteiger partial charge in [-0.2, -0.15) is 0 Å². The van der Waals surface area contributed by atoms with E-state index in [1.54, 1.807) is 0 Å². The summed E-state index contributed by atoms with van der Waals surface area (Å²) in [6, 6.07) is 0. The summed E-state index contributed by atoms with van der Waals surface area (Å²) in [5.41, 5.74) is 0. The van der Waals surface area contributed by atoms with Gasteiger partial charge in [-0.1, -0.05) is 43.4 Å². The number of hydrogen-bond acceptors (Lipinski definition) is 2. The molecule has 0 atom stereocenters. The predicted molar refractivity (Wildman–Crippen MR) is 72.8 cm³/mol. The van der Waals surface area contributed by atoms with Crippen LogP contribution >= 0.6 is 0 Å². The number of allylic oxidation sites excluding steroid dienone is 6. The quantitative estimate of drug-likeness (QED) is 0.260. The molecule has 0 aromatic heterocycles.